The molecule has 0 fully saturated rings. The number of hydrogen-bond acceptors (Lipinski definition) is 2. The topological polar surface area (TPSA) is 74.6 Å². The molecule has 2 N–H and O–H groups in total. The molecular formula is C34H35BrO4. The van der Waals surface area contributed by atoms with Crippen molar-refractivity contribution >= 4 is 33.9 Å². The van der Waals surface area contributed by atoms with Gasteiger partial charge in [-0.25, -0.2) is 9.59 Å². The van der Waals surface area contributed by atoms with Gasteiger partial charge in [0.05, 0.1) is 11.1 Å². The van der Waals surface area contributed by atoms with Crippen molar-refractivity contribution in [3.05, 3.63) is 149 Å². The highest BCUT2D eigenvalue weighted by molar-refractivity contribution is 9.09. The van der Waals surface area contributed by atoms with Crippen LogP contribution < -0.4 is 0 Å². The Morgan fingerprint density at radius 2 is 1.15 bits per heavy atom. The summed E-state index contributed by atoms with van der Waals surface area (Å²) >= 11 is 3.40. The summed E-state index contributed by atoms with van der Waals surface area (Å²) in [5.41, 5.74) is 5.47. The molecule has 39 heavy (non-hydrogen) atoms. The summed E-state index contributed by atoms with van der Waals surface area (Å²) in [4.78, 5) is 21.5. The maximum atomic E-state index is 10.8. The van der Waals surface area contributed by atoms with Gasteiger partial charge in [-0.1, -0.05) is 120 Å². The van der Waals surface area contributed by atoms with Gasteiger partial charge in [-0.2, -0.15) is 0 Å². The molecule has 4 aromatic carbocycles. The maximum absolute atomic E-state index is 10.8. The summed E-state index contributed by atoms with van der Waals surface area (Å²) in [5.74, 6) is -1.32. The molecule has 0 radical (unpaired) electrons. The van der Waals surface area contributed by atoms with Gasteiger partial charge in [0.1, 0.15) is 0 Å². The highest BCUT2D eigenvalue weighted by Gasteiger charge is 2.08. The second-order valence-corrected chi connectivity index (χ2v) is 10.4. The fourth-order valence-electron chi connectivity index (χ4n) is 3.63. The molecule has 4 aromatic rings. The third-order valence-electron chi connectivity index (χ3n) is 6.09. The zero-order valence-electron chi connectivity index (χ0n) is 22.3. The van der Waals surface area contributed by atoms with Gasteiger partial charge in [0.25, 0.3) is 0 Å². The summed E-state index contributed by atoms with van der Waals surface area (Å²) < 4.78 is 0. The first-order valence-electron chi connectivity index (χ1n) is 12.7. The van der Waals surface area contributed by atoms with Crippen molar-refractivity contribution in [3.8, 4) is 0 Å². The number of alkyl halides is 1. The van der Waals surface area contributed by atoms with Gasteiger partial charge < -0.3 is 10.2 Å². The van der Waals surface area contributed by atoms with Crippen LogP contribution in [0, 0.1) is 0 Å². The lowest BCUT2D eigenvalue weighted by Gasteiger charge is -2.12. The molecule has 2 atom stereocenters. The van der Waals surface area contributed by atoms with Gasteiger partial charge in [-0.05, 0) is 72.2 Å². The second-order valence-electron chi connectivity index (χ2n) is 9.01. The third-order valence-corrected chi connectivity index (χ3v) is 6.62. The van der Waals surface area contributed by atoms with Gasteiger partial charge in [0.2, 0.25) is 0 Å². The normalized spacial score (nSPS) is 11.5. The summed E-state index contributed by atoms with van der Waals surface area (Å²) in [6, 6.07) is 34.5. The van der Waals surface area contributed by atoms with Crippen molar-refractivity contribution in [2.24, 2.45) is 0 Å². The van der Waals surface area contributed by atoms with Crippen molar-refractivity contribution in [2.75, 3.05) is 0 Å². The van der Waals surface area contributed by atoms with E-state index in [4.69, 9.17) is 10.2 Å². The fourth-order valence-corrected chi connectivity index (χ4v) is 3.93. The first-order chi connectivity index (χ1) is 18.7. The minimum Gasteiger partial charge on any atom is -0.478 e. The van der Waals surface area contributed by atoms with E-state index in [1.54, 1.807) is 24.3 Å². The molecule has 5 heteroatoms. The number of carbonyl (C=O) groups is 2. The molecular weight excluding hydrogens is 552 g/mol. The summed E-state index contributed by atoms with van der Waals surface area (Å²) in [6.45, 7) is 7.81. The molecule has 0 saturated carbocycles. The van der Waals surface area contributed by atoms with Crippen LogP contribution in [0.15, 0.2) is 116 Å². The van der Waals surface area contributed by atoms with Crippen LogP contribution in [0.3, 0.4) is 0 Å². The van der Waals surface area contributed by atoms with Crippen LogP contribution in [0.1, 0.15) is 74.0 Å². The van der Waals surface area contributed by atoms with E-state index >= 15 is 0 Å². The Morgan fingerprint density at radius 3 is 1.54 bits per heavy atom. The highest BCUT2D eigenvalue weighted by Crippen LogP contribution is 2.22. The van der Waals surface area contributed by atoms with Crippen LogP contribution in [0.5, 0.6) is 0 Å². The largest absolute Gasteiger partial charge is 0.478 e. The van der Waals surface area contributed by atoms with Gasteiger partial charge in [0, 0.05) is 4.83 Å². The SMILES string of the molecule is C=Cc1ccccc1.CC(Br)c1ccc(C(=O)O)cc1.CC(CCc1ccccc1)c1ccc(C(=O)O)cc1. The number of benzene rings is 4. The molecule has 0 aliphatic carbocycles. The van der Waals surface area contributed by atoms with E-state index < -0.39 is 11.9 Å². The van der Waals surface area contributed by atoms with Crippen molar-refractivity contribution < 1.29 is 19.8 Å². The number of hydrogen-bond donors (Lipinski definition) is 2. The first kappa shape index (κ1) is 31.3. The van der Waals surface area contributed by atoms with E-state index in [1.165, 1.54) is 16.7 Å². The lowest BCUT2D eigenvalue weighted by Crippen LogP contribution is -1.99. The van der Waals surface area contributed by atoms with Crippen LogP contribution in [0.25, 0.3) is 6.08 Å². The van der Waals surface area contributed by atoms with Crippen molar-refractivity contribution in [3.63, 3.8) is 0 Å². The Bertz CT molecular complexity index is 1280. The molecule has 0 spiro atoms. The first-order valence-corrected chi connectivity index (χ1v) is 13.6. The molecule has 0 amide bonds. The van der Waals surface area contributed by atoms with E-state index in [-0.39, 0.29) is 4.83 Å². The number of halogens is 1. The van der Waals surface area contributed by atoms with Crippen molar-refractivity contribution in [1.82, 2.24) is 0 Å². The summed E-state index contributed by atoms with van der Waals surface area (Å²) in [7, 11) is 0. The Morgan fingerprint density at radius 1 is 0.718 bits per heavy atom. The van der Waals surface area contributed by atoms with E-state index in [9.17, 15) is 9.59 Å². The smallest absolute Gasteiger partial charge is 0.335 e. The predicted octanol–water partition coefficient (Wildman–Crippen LogP) is 9.29. The molecule has 2 unspecified atom stereocenters. The molecule has 4 nitrogen and oxygen atoms in total. The van der Waals surface area contributed by atoms with Gasteiger partial charge in [0.15, 0.2) is 0 Å². The van der Waals surface area contributed by atoms with Crippen LogP contribution >= 0.6 is 15.9 Å². The van der Waals surface area contributed by atoms with Gasteiger partial charge >= 0.3 is 11.9 Å². The van der Waals surface area contributed by atoms with E-state index in [1.807, 2.05) is 73.7 Å². The average Bonchev–Trinajstić information content (AvgIpc) is 2.97. The Kier molecular flexibility index (Phi) is 13.5. The Hall–Kier alpha value is -3.96. The molecule has 0 aliphatic rings. The Balaban J connectivity index is 0.000000227. The molecule has 0 aromatic heterocycles. The highest BCUT2D eigenvalue weighted by atomic mass is 79.9. The summed E-state index contributed by atoms with van der Waals surface area (Å²) in [6.07, 6.45) is 3.94. The van der Waals surface area contributed by atoms with E-state index in [2.05, 4.69) is 53.7 Å². The maximum Gasteiger partial charge on any atom is 0.335 e. The lowest BCUT2D eigenvalue weighted by atomic mass is 9.93. The molecule has 0 saturated heterocycles. The predicted molar refractivity (Wildman–Crippen MR) is 164 cm³/mol. The average molecular weight is 588 g/mol. The number of carboxylic acid groups (broad SMARTS) is 2. The minimum absolute atomic E-state index is 0.264. The second kappa shape index (κ2) is 16.8. The fraction of sp³-hybridized carbons (Fsp3) is 0.176. The zero-order chi connectivity index (χ0) is 28.6. The molecule has 0 bridgehead atoms. The molecule has 202 valence electrons. The molecule has 4 rings (SSSR count). The quantitative estimate of drug-likeness (QED) is 0.202. The van der Waals surface area contributed by atoms with Crippen molar-refractivity contribution in [2.45, 2.75) is 37.4 Å². The Labute approximate surface area is 239 Å². The number of aryl methyl sites for hydroxylation is 1. The van der Waals surface area contributed by atoms with E-state index in [0.717, 1.165) is 18.4 Å². The van der Waals surface area contributed by atoms with Crippen LogP contribution in [0.2, 0.25) is 0 Å². The van der Waals surface area contributed by atoms with Crippen molar-refractivity contribution in [1.29, 1.82) is 0 Å². The lowest BCUT2D eigenvalue weighted by molar-refractivity contribution is 0.0686. The summed E-state index contributed by atoms with van der Waals surface area (Å²) in [5, 5.41) is 17.5. The zero-order valence-corrected chi connectivity index (χ0v) is 23.9. The third kappa shape index (κ3) is 11.5. The van der Waals surface area contributed by atoms with Crippen LogP contribution in [-0.4, -0.2) is 22.2 Å². The molecule has 0 heterocycles. The molecule has 0 aliphatic heterocycles. The monoisotopic (exact) mass is 586 g/mol. The van der Waals surface area contributed by atoms with Gasteiger partial charge in [-0.15, -0.1) is 0 Å². The number of rotatable bonds is 8. The standard InChI is InChI=1S/C17H18O2.C9H9BrO2.C8H8/c1-13(7-8-14-5-3-2-4-6-14)15-9-11-16(12-10-15)17(18)19;1-6(10)7-2-4-8(5-3-7)9(11)12;1-2-8-6-4-3-5-7-8/h2-6,9-13H,7-8H2,1H3,(H,18,19);2-6H,1H3,(H,11,12);2-7H,1H2. The minimum atomic E-state index is -0.885. The number of aromatic carboxylic acids is 2. The number of carboxylic acids is 2. The van der Waals surface area contributed by atoms with Crippen LogP contribution in [-0.2, 0) is 6.42 Å². The van der Waals surface area contributed by atoms with Gasteiger partial charge in [-0.3, -0.25) is 0 Å². The van der Waals surface area contributed by atoms with Crippen LogP contribution in [0.4, 0.5) is 0 Å². The van der Waals surface area contributed by atoms with E-state index in [0.29, 0.717) is 17.0 Å².